The highest BCUT2D eigenvalue weighted by molar-refractivity contribution is 5.98. The van der Waals surface area contributed by atoms with Gasteiger partial charge >= 0.3 is 6.09 Å². The molecule has 0 aliphatic carbocycles. The minimum Gasteiger partial charge on any atom is -0.453 e. The van der Waals surface area contributed by atoms with Crippen molar-refractivity contribution in [3.8, 4) is 0 Å². The van der Waals surface area contributed by atoms with E-state index in [1.807, 2.05) is 115 Å². The molecule has 0 radical (unpaired) electrons. The molecule has 1 aliphatic heterocycles. The zero-order valence-electron chi connectivity index (χ0n) is 26.7. The lowest BCUT2D eigenvalue weighted by atomic mass is 9.84. The Morgan fingerprint density at radius 2 is 1.56 bits per heavy atom. The number of anilines is 1. The van der Waals surface area contributed by atoms with Gasteiger partial charge in [0.05, 0.1) is 32.4 Å². The molecule has 2 amide bonds. The molecule has 0 spiro atoms. The fourth-order valence-corrected chi connectivity index (χ4v) is 6.08. The molecule has 4 aromatic carbocycles. The number of nitrogens with one attached hydrogen (secondary N) is 3. The summed E-state index contributed by atoms with van der Waals surface area (Å²) in [5.74, 6) is -0.0657. The first-order valence-electron chi connectivity index (χ1n) is 16.1. The van der Waals surface area contributed by atoms with Crippen LogP contribution in [0.4, 0.5) is 10.5 Å². The Morgan fingerprint density at radius 1 is 0.917 bits per heavy atom. The number of para-hydroxylation sites is 1. The summed E-state index contributed by atoms with van der Waals surface area (Å²) in [4.78, 5) is 26.6. The van der Waals surface area contributed by atoms with Crippen molar-refractivity contribution in [1.29, 1.82) is 0 Å². The Hall–Kier alpha value is -5.39. The molecule has 3 N–H and O–H groups in total. The predicted molar refractivity (Wildman–Crippen MR) is 181 cm³/mol. The molecule has 1 unspecified atom stereocenters. The maximum atomic E-state index is 14.1. The van der Waals surface area contributed by atoms with Gasteiger partial charge in [-0.15, -0.1) is 5.10 Å². The molecular formula is C37H39N7O4. The Balaban J connectivity index is 1.12. The second-order valence-corrected chi connectivity index (χ2v) is 11.7. The first kappa shape index (κ1) is 32.5. The van der Waals surface area contributed by atoms with Crippen molar-refractivity contribution in [2.45, 2.75) is 43.5 Å². The van der Waals surface area contributed by atoms with Gasteiger partial charge in [0.15, 0.2) is 5.82 Å². The van der Waals surface area contributed by atoms with Gasteiger partial charge in [0, 0.05) is 18.2 Å². The monoisotopic (exact) mass is 645 g/mol. The van der Waals surface area contributed by atoms with Crippen LogP contribution in [0.5, 0.6) is 0 Å². The van der Waals surface area contributed by atoms with Crippen LogP contribution in [0.2, 0.25) is 0 Å². The number of methoxy groups -OCH3 is 1. The van der Waals surface area contributed by atoms with Crippen LogP contribution < -0.4 is 16.0 Å². The fraction of sp³-hybridized carbons (Fsp3) is 0.270. The number of benzene rings is 4. The molecule has 1 aromatic heterocycles. The lowest BCUT2D eigenvalue weighted by molar-refractivity contribution is -0.118. The molecule has 11 nitrogen and oxygen atoms in total. The summed E-state index contributed by atoms with van der Waals surface area (Å²) in [7, 11) is 1.29. The maximum absolute atomic E-state index is 14.1. The Labute approximate surface area is 279 Å². The summed E-state index contributed by atoms with van der Waals surface area (Å²) in [6.45, 7) is 1.67. The molecule has 11 heteroatoms. The first-order chi connectivity index (χ1) is 23.6. The molecule has 48 heavy (non-hydrogen) atoms. The van der Waals surface area contributed by atoms with Gasteiger partial charge in [-0.25, -0.2) is 9.48 Å². The lowest BCUT2D eigenvalue weighted by Crippen LogP contribution is -2.48. The Morgan fingerprint density at radius 3 is 2.21 bits per heavy atom. The number of morpholine rings is 1. The number of aromatic nitrogens is 4. The third kappa shape index (κ3) is 8.11. The molecular weight excluding hydrogens is 606 g/mol. The third-order valence-electron chi connectivity index (χ3n) is 8.54. The number of ether oxygens (including phenoxy) is 2. The number of alkyl carbamates (subject to hydrolysis) is 1. The Bertz CT molecular complexity index is 1720. The highest BCUT2D eigenvalue weighted by Gasteiger charge is 2.33. The topological polar surface area (TPSA) is 132 Å². The van der Waals surface area contributed by atoms with Crippen LogP contribution in [-0.2, 0) is 27.2 Å². The summed E-state index contributed by atoms with van der Waals surface area (Å²) < 4.78 is 13.0. The molecule has 3 atom stereocenters. The molecule has 246 valence electrons. The number of amides is 2. The summed E-state index contributed by atoms with van der Waals surface area (Å²) in [6, 6.07) is 36.1. The van der Waals surface area contributed by atoms with E-state index in [0.29, 0.717) is 31.8 Å². The van der Waals surface area contributed by atoms with Gasteiger partial charge in [0.1, 0.15) is 6.04 Å². The van der Waals surface area contributed by atoms with Crippen LogP contribution in [0.3, 0.4) is 0 Å². The van der Waals surface area contributed by atoms with Gasteiger partial charge in [-0.05, 0) is 51.6 Å². The van der Waals surface area contributed by atoms with E-state index in [1.54, 1.807) is 4.68 Å². The van der Waals surface area contributed by atoms with Crippen molar-refractivity contribution in [3.63, 3.8) is 0 Å². The van der Waals surface area contributed by atoms with Crippen molar-refractivity contribution in [2.75, 3.05) is 25.6 Å². The largest absolute Gasteiger partial charge is 0.453 e. The van der Waals surface area contributed by atoms with E-state index in [0.717, 1.165) is 34.5 Å². The van der Waals surface area contributed by atoms with Crippen molar-refractivity contribution in [1.82, 2.24) is 30.8 Å². The average molecular weight is 646 g/mol. The molecule has 2 heterocycles. The van der Waals surface area contributed by atoms with E-state index in [-0.39, 0.29) is 18.1 Å². The van der Waals surface area contributed by atoms with E-state index in [1.165, 1.54) is 7.11 Å². The quantitative estimate of drug-likeness (QED) is 0.175. The van der Waals surface area contributed by atoms with Gasteiger partial charge in [-0.1, -0.05) is 109 Å². The molecule has 1 aliphatic rings. The van der Waals surface area contributed by atoms with E-state index in [2.05, 4.69) is 31.5 Å². The molecule has 1 saturated heterocycles. The van der Waals surface area contributed by atoms with E-state index < -0.39 is 18.1 Å². The number of rotatable bonds is 12. The first-order valence-corrected chi connectivity index (χ1v) is 16.1. The van der Waals surface area contributed by atoms with Crippen LogP contribution in [-0.4, -0.2) is 64.6 Å². The van der Waals surface area contributed by atoms with E-state index in [4.69, 9.17) is 9.47 Å². The second-order valence-electron chi connectivity index (χ2n) is 11.7. The molecule has 5 aromatic rings. The smallest absolute Gasteiger partial charge is 0.407 e. The number of hydrogen-bond acceptors (Lipinski definition) is 8. The van der Waals surface area contributed by atoms with Crippen LogP contribution in [0, 0.1) is 0 Å². The minimum atomic E-state index is -0.948. The second kappa shape index (κ2) is 15.9. The number of tetrazole rings is 1. The standard InChI is InChI=1S/C37H39N7O4/c1-47-37(46)40-34(33(28-16-7-3-8-17-28)29-18-9-4-10-19-29)36(45)39-31-20-12-11-15-27(31)21-22-30-23-38-32(25-48-30)35-41-42-43-44(35)24-26-13-5-2-6-14-26/h2-20,30,32-34,38H,21-25H2,1H3,(H,39,45)(H,40,46)/t30-,32+,34?/m1/s1. The number of hydrogen-bond donors (Lipinski definition) is 3. The summed E-state index contributed by atoms with van der Waals surface area (Å²) >= 11 is 0. The zero-order chi connectivity index (χ0) is 33.1. The van der Waals surface area contributed by atoms with Crippen LogP contribution >= 0.6 is 0 Å². The van der Waals surface area contributed by atoms with Gasteiger partial charge in [-0.2, -0.15) is 0 Å². The zero-order valence-corrected chi connectivity index (χ0v) is 26.7. The van der Waals surface area contributed by atoms with Gasteiger partial charge < -0.3 is 25.4 Å². The van der Waals surface area contributed by atoms with Gasteiger partial charge in [0.25, 0.3) is 0 Å². The van der Waals surface area contributed by atoms with Crippen molar-refractivity contribution in [3.05, 3.63) is 143 Å². The number of carbonyl (C=O) groups excluding carboxylic acids is 2. The highest BCUT2D eigenvalue weighted by atomic mass is 16.5. The molecule has 0 saturated carbocycles. The van der Waals surface area contributed by atoms with Crippen LogP contribution in [0.25, 0.3) is 0 Å². The van der Waals surface area contributed by atoms with Crippen molar-refractivity contribution in [2.24, 2.45) is 0 Å². The molecule has 1 fully saturated rings. The molecule has 0 bridgehead atoms. The molecule has 6 rings (SSSR count). The van der Waals surface area contributed by atoms with Crippen LogP contribution in [0.1, 0.15) is 46.5 Å². The summed E-state index contributed by atoms with van der Waals surface area (Å²) in [6.07, 6.45) is 0.698. The SMILES string of the molecule is COC(=O)NC(C(=O)Nc1ccccc1CC[C@@H]1CN[C@H](c2nnnn2Cc2ccccc2)CO1)C(c1ccccc1)c1ccccc1. The normalized spacial score (nSPS) is 16.6. The van der Waals surface area contributed by atoms with Crippen LogP contribution in [0.15, 0.2) is 115 Å². The average Bonchev–Trinajstić information content (AvgIpc) is 3.60. The minimum absolute atomic E-state index is 0.0299. The maximum Gasteiger partial charge on any atom is 0.407 e. The van der Waals surface area contributed by atoms with Gasteiger partial charge in [0.2, 0.25) is 5.91 Å². The predicted octanol–water partition coefficient (Wildman–Crippen LogP) is 4.88. The van der Waals surface area contributed by atoms with Gasteiger partial charge in [-0.3, -0.25) is 4.79 Å². The highest BCUT2D eigenvalue weighted by Crippen LogP contribution is 2.30. The fourth-order valence-electron chi connectivity index (χ4n) is 6.08. The summed E-state index contributed by atoms with van der Waals surface area (Å²) in [5, 5.41) is 21.8. The van der Waals surface area contributed by atoms with Crippen molar-refractivity contribution < 1.29 is 19.1 Å². The number of carbonyl (C=O) groups is 2. The van der Waals surface area contributed by atoms with Crippen molar-refractivity contribution >= 4 is 17.7 Å². The van der Waals surface area contributed by atoms with E-state index >= 15 is 0 Å². The summed E-state index contributed by atoms with van der Waals surface area (Å²) in [5.41, 5.74) is 4.55. The Kier molecular flexibility index (Phi) is 10.8. The van der Waals surface area contributed by atoms with E-state index in [9.17, 15) is 9.59 Å². The number of nitrogens with zero attached hydrogens (tertiary/aromatic N) is 4. The lowest BCUT2D eigenvalue weighted by Gasteiger charge is -2.30. The third-order valence-corrected chi connectivity index (χ3v) is 8.54. The number of aryl methyl sites for hydroxylation is 1.